The number of amides is 1. The van der Waals surface area contributed by atoms with Crippen LogP contribution in [-0.2, 0) is 4.79 Å². The van der Waals surface area contributed by atoms with Crippen molar-refractivity contribution in [3.05, 3.63) is 60.2 Å². The molecule has 0 aliphatic carbocycles. The van der Waals surface area contributed by atoms with E-state index in [-0.39, 0.29) is 24.3 Å². The Morgan fingerprint density at radius 1 is 1.04 bits per heavy atom. The molecule has 0 aliphatic heterocycles. The number of hydrogen-bond acceptors (Lipinski definition) is 3. The third kappa shape index (κ3) is 5.58. The normalized spacial score (nSPS) is 11.8. The summed E-state index contributed by atoms with van der Waals surface area (Å²) in [6, 6.07) is 14.9. The van der Waals surface area contributed by atoms with Gasteiger partial charge >= 0.3 is 6.61 Å². The Morgan fingerprint density at radius 2 is 1.70 bits per heavy atom. The molecule has 1 unspecified atom stereocenters. The molecule has 0 spiro atoms. The topological polar surface area (TPSA) is 47.6 Å². The fraction of sp³-hybridized carbons (Fsp3) is 0.235. The van der Waals surface area contributed by atoms with Gasteiger partial charge in [0.25, 0.3) is 5.91 Å². The predicted molar refractivity (Wildman–Crippen MR) is 81.6 cm³/mol. The van der Waals surface area contributed by atoms with Crippen LogP contribution in [0, 0.1) is 0 Å². The van der Waals surface area contributed by atoms with E-state index in [1.165, 1.54) is 12.1 Å². The van der Waals surface area contributed by atoms with Gasteiger partial charge in [0.2, 0.25) is 0 Å². The van der Waals surface area contributed by atoms with Crippen molar-refractivity contribution >= 4 is 5.91 Å². The van der Waals surface area contributed by atoms with Crippen LogP contribution in [0.2, 0.25) is 0 Å². The molecular formula is C17H17F2NO3. The van der Waals surface area contributed by atoms with E-state index >= 15 is 0 Å². The lowest BCUT2D eigenvalue weighted by Gasteiger charge is -2.15. The average molecular weight is 321 g/mol. The van der Waals surface area contributed by atoms with E-state index < -0.39 is 6.61 Å². The van der Waals surface area contributed by atoms with Crippen molar-refractivity contribution < 1.29 is 23.0 Å². The number of alkyl halides is 2. The molecule has 0 heterocycles. The van der Waals surface area contributed by atoms with Gasteiger partial charge in [-0.25, -0.2) is 0 Å². The third-order valence-electron chi connectivity index (χ3n) is 3.10. The molecule has 0 saturated carbocycles. The van der Waals surface area contributed by atoms with Crippen molar-refractivity contribution in [1.82, 2.24) is 5.32 Å². The molecule has 1 N–H and O–H groups in total. The summed E-state index contributed by atoms with van der Waals surface area (Å²) < 4.78 is 33.8. The zero-order valence-electron chi connectivity index (χ0n) is 12.5. The maximum absolute atomic E-state index is 12.1. The molecular weight excluding hydrogens is 304 g/mol. The van der Waals surface area contributed by atoms with E-state index in [0.717, 1.165) is 5.56 Å². The maximum Gasteiger partial charge on any atom is 0.387 e. The summed E-state index contributed by atoms with van der Waals surface area (Å²) in [5.74, 6) is 0.424. The van der Waals surface area contributed by atoms with Crippen LogP contribution < -0.4 is 14.8 Å². The van der Waals surface area contributed by atoms with Gasteiger partial charge in [0.1, 0.15) is 11.5 Å². The molecule has 0 fully saturated rings. The molecule has 1 atom stereocenters. The van der Waals surface area contributed by atoms with Gasteiger partial charge in [-0.05, 0) is 36.8 Å². The van der Waals surface area contributed by atoms with Crippen molar-refractivity contribution in [2.24, 2.45) is 0 Å². The maximum atomic E-state index is 12.1. The van der Waals surface area contributed by atoms with Crippen LogP contribution in [0.4, 0.5) is 8.78 Å². The van der Waals surface area contributed by atoms with Crippen LogP contribution in [-0.4, -0.2) is 19.1 Å². The lowest BCUT2D eigenvalue weighted by atomic mass is 10.1. The Morgan fingerprint density at radius 3 is 2.30 bits per heavy atom. The van der Waals surface area contributed by atoms with Crippen molar-refractivity contribution in [3.63, 3.8) is 0 Å². The molecule has 0 radical (unpaired) electrons. The number of rotatable bonds is 7. The van der Waals surface area contributed by atoms with E-state index in [1.54, 1.807) is 31.2 Å². The number of benzene rings is 2. The third-order valence-corrected chi connectivity index (χ3v) is 3.10. The summed E-state index contributed by atoms with van der Waals surface area (Å²) in [6.07, 6.45) is 0. The van der Waals surface area contributed by atoms with Crippen LogP contribution in [0.25, 0.3) is 0 Å². The smallest absolute Gasteiger partial charge is 0.387 e. The largest absolute Gasteiger partial charge is 0.484 e. The van der Waals surface area contributed by atoms with Crippen molar-refractivity contribution in [1.29, 1.82) is 0 Å². The lowest BCUT2D eigenvalue weighted by molar-refractivity contribution is -0.123. The molecule has 0 aliphatic rings. The quantitative estimate of drug-likeness (QED) is 0.848. The summed E-state index contributed by atoms with van der Waals surface area (Å²) in [5, 5.41) is 2.77. The first-order chi connectivity index (χ1) is 11.0. The minimum atomic E-state index is -2.85. The number of para-hydroxylation sites is 1. The van der Waals surface area contributed by atoms with Gasteiger partial charge in [0.15, 0.2) is 6.61 Å². The molecule has 122 valence electrons. The number of halogens is 2. The van der Waals surface area contributed by atoms with E-state index in [1.807, 2.05) is 18.2 Å². The highest BCUT2D eigenvalue weighted by Gasteiger charge is 2.11. The SMILES string of the molecule is CC(NC(=O)COc1ccccc1)c1ccc(OC(F)F)cc1. The molecule has 6 heteroatoms. The highest BCUT2D eigenvalue weighted by atomic mass is 19.3. The van der Waals surface area contributed by atoms with E-state index in [2.05, 4.69) is 10.1 Å². The van der Waals surface area contributed by atoms with Gasteiger partial charge in [0.05, 0.1) is 6.04 Å². The van der Waals surface area contributed by atoms with E-state index in [9.17, 15) is 13.6 Å². The first kappa shape index (κ1) is 16.7. The van der Waals surface area contributed by atoms with Crippen molar-refractivity contribution in [2.45, 2.75) is 19.6 Å². The molecule has 23 heavy (non-hydrogen) atoms. The zero-order chi connectivity index (χ0) is 16.7. The Bertz CT molecular complexity index is 617. The summed E-state index contributed by atoms with van der Waals surface area (Å²) in [6.45, 7) is -1.15. The Balaban J connectivity index is 1.83. The first-order valence-corrected chi connectivity index (χ1v) is 7.06. The Hall–Kier alpha value is -2.63. The molecule has 0 aromatic heterocycles. The highest BCUT2D eigenvalue weighted by molar-refractivity contribution is 5.78. The van der Waals surface area contributed by atoms with Gasteiger partial charge in [-0.2, -0.15) is 8.78 Å². The highest BCUT2D eigenvalue weighted by Crippen LogP contribution is 2.19. The Kier molecular flexibility index (Phi) is 5.91. The average Bonchev–Trinajstić information content (AvgIpc) is 2.54. The summed E-state index contributed by atoms with van der Waals surface area (Å²) in [7, 11) is 0. The van der Waals surface area contributed by atoms with Gasteiger partial charge in [-0.15, -0.1) is 0 Å². The molecule has 0 saturated heterocycles. The van der Waals surface area contributed by atoms with Gasteiger partial charge < -0.3 is 14.8 Å². The van der Waals surface area contributed by atoms with Gasteiger partial charge in [-0.3, -0.25) is 4.79 Å². The van der Waals surface area contributed by atoms with Crippen LogP contribution in [0.3, 0.4) is 0 Å². The van der Waals surface area contributed by atoms with Gasteiger partial charge in [-0.1, -0.05) is 30.3 Å². The standard InChI is InChI=1S/C17H17F2NO3/c1-12(13-7-9-15(10-8-13)23-17(18)19)20-16(21)11-22-14-5-3-2-4-6-14/h2-10,12,17H,11H2,1H3,(H,20,21). The lowest BCUT2D eigenvalue weighted by Crippen LogP contribution is -2.31. The van der Waals surface area contributed by atoms with E-state index in [0.29, 0.717) is 5.75 Å². The Labute approximate surface area is 133 Å². The second-order valence-electron chi connectivity index (χ2n) is 4.84. The molecule has 2 aromatic rings. The second kappa shape index (κ2) is 8.12. The summed E-state index contributed by atoms with van der Waals surface area (Å²) in [5.41, 5.74) is 0.777. The van der Waals surface area contributed by atoms with Crippen molar-refractivity contribution in [2.75, 3.05) is 6.61 Å². The van der Waals surface area contributed by atoms with Crippen LogP contribution >= 0.6 is 0 Å². The first-order valence-electron chi connectivity index (χ1n) is 7.06. The van der Waals surface area contributed by atoms with Crippen LogP contribution in [0.15, 0.2) is 54.6 Å². The molecule has 2 rings (SSSR count). The number of carbonyl (C=O) groups is 1. The van der Waals surface area contributed by atoms with Crippen molar-refractivity contribution in [3.8, 4) is 11.5 Å². The predicted octanol–water partition coefficient (Wildman–Crippen LogP) is 3.54. The summed E-state index contributed by atoms with van der Waals surface area (Å²) in [4.78, 5) is 11.9. The number of carbonyl (C=O) groups excluding carboxylic acids is 1. The van der Waals surface area contributed by atoms with Gasteiger partial charge in [0, 0.05) is 0 Å². The minimum Gasteiger partial charge on any atom is -0.484 e. The summed E-state index contributed by atoms with van der Waals surface area (Å²) >= 11 is 0. The van der Waals surface area contributed by atoms with Crippen LogP contribution in [0.5, 0.6) is 11.5 Å². The minimum absolute atomic E-state index is 0.0784. The van der Waals surface area contributed by atoms with Crippen LogP contribution in [0.1, 0.15) is 18.5 Å². The monoisotopic (exact) mass is 321 g/mol. The molecule has 4 nitrogen and oxygen atoms in total. The number of nitrogens with one attached hydrogen (secondary N) is 1. The molecule has 2 aromatic carbocycles. The number of hydrogen-bond donors (Lipinski definition) is 1. The number of ether oxygens (including phenoxy) is 2. The second-order valence-corrected chi connectivity index (χ2v) is 4.84. The molecule has 0 bridgehead atoms. The molecule has 1 amide bonds. The fourth-order valence-corrected chi connectivity index (χ4v) is 1.97. The fourth-order valence-electron chi connectivity index (χ4n) is 1.97. The van der Waals surface area contributed by atoms with E-state index in [4.69, 9.17) is 4.74 Å². The zero-order valence-corrected chi connectivity index (χ0v) is 12.5.